The van der Waals surface area contributed by atoms with Gasteiger partial charge in [-0.2, -0.15) is 0 Å². The van der Waals surface area contributed by atoms with Gasteiger partial charge in [0.1, 0.15) is 5.10 Å². The van der Waals surface area contributed by atoms with Crippen molar-refractivity contribution in [3.8, 4) is 0 Å². The van der Waals surface area contributed by atoms with Crippen molar-refractivity contribution in [3.63, 3.8) is 0 Å². The van der Waals surface area contributed by atoms with Gasteiger partial charge in [0.15, 0.2) is 5.03 Å². The van der Waals surface area contributed by atoms with Crippen LogP contribution in [0.5, 0.6) is 0 Å². The first-order valence-corrected chi connectivity index (χ1v) is 2.45. The zero-order chi connectivity index (χ0) is 8.43. The molecule has 0 unspecified atom stereocenters. The van der Waals surface area contributed by atoms with E-state index in [0.29, 0.717) is 0 Å². The minimum Gasteiger partial charge on any atom is -0.283 e. The number of carbonyl (C=O) groups is 2. The van der Waals surface area contributed by atoms with Crippen LogP contribution in [0.15, 0.2) is 5.10 Å². The molecule has 1 heterocycles. The minimum atomic E-state index is -1.03. The molecule has 1 rings (SSSR count). The average molecular weight is 158 g/mol. The van der Waals surface area contributed by atoms with Crippen molar-refractivity contribution in [2.75, 3.05) is 0 Å². The van der Waals surface area contributed by atoms with Crippen LogP contribution in [0.3, 0.4) is 0 Å². The predicted molar refractivity (Wildman–Crippen MR) is 30.7 cm³/mol. The number of guanidine groups is 1. The van der Waals surface area contributed by atoms with Crippen LogP contribution in [-0.4, -0.2) is 22.8 Å². The van der Waals surface area contributed by atoms with Crippen molar-refractivity contribution in [1.29, 1.82) is 0 Å². The molecule has 0 bridgehead atoms. The number of hydrazone groups is 1. The van der Waals surface area contributed by atoms with Crippen molar-refractivity contribution in [3.05, 3.63) is 10.1 Å². The van der Waals surface area contributed by atoms with Gasteiger partial charge in [-0.1, -0.05) is 0 Å². The summed E-state index contributed by atoms with van der Waals surface area (Å²) in [6.07, 6.45) is 0. The van der Waals surface area contributed by atoms with Gasteiger partial charge in [-0.15, -0.1) is 0 Å². The Kier molecular flexibility index (Phi) is 1.51. The minimum absolute atomic E-state index is 0.454. The third-order valence-corrected chi connectivity index (χ3v) is 0.852. The zero-order valence-corrected chi connectivity index (χ0v) is 5.03. The fraction of sp³-hybridized carbons (Fsp3) is 0. The third-order valence-electron chi connectivity index (χ3n) is 0.852. The molecule has 0 aromatic heterocycles. The number of nitrogens with one attached hydrogen (secondary N) is 2. The van der Waals surface area contributed by atoms with Gasteiger partial charge >= 0.3 is 11.8 Å². The molecule has 0 aromatic rings. The maximum absolute atomic E-state index is 10.3. The topological polar surface area (TPSA) is 114 Å². The van der Waals surface area contributed by atoms with E-state index in [1.165, 1.54) is 0 Å². The average Bonchev–Trinajstić information content (AvgIpc) is 2.10. The molecule has 2 N–H and O–H groups in total. The van der Waals surface area contributed by atoms with E-state index in [2.05, 4.69) is 5.10 Å². The summed E-state index contributed by atoms with van der Waals surface area (Å²) in [6.45, 7) is 0. The highest BCUT2D eigenvalue weighted by Gasteiger charge is 2.27. The number of nitrogens with zero attached hydrogens (tertiary/aromatic N) is 2. The Balaban J connectivity index is 2.75. The standard InChI is InChI=1S/C3H2N4O4/c8-1-2(9)5-3(4-1)6-7(10)11/h(H2,4,5,6,8,9). The molecule has 0 radical (unpaired) electrons. The Morgan fingerprint density at radius 2 is 1.73 bits per heavy atom. The van der Waals surface area contributed by atoms with Gasteiger partial charge in [0.2, 0.25) is 0 Å². The summed E-state index contributed by atoms with van der Waals surface area (Å²) in [5.41, 5.74) is 0. The molecular formula is C3H2N4O4. The predicted octanol–water partition coefficient (Wildman–Crippen LogP) is -2.22. The number of nitro groups is 1. The van der Waals surface area contributed by atoms with E-state index < -0.39 is 22.8 Å². The largest absolute Gasteiger partial charge is 0.316 e. The fourth-order valence-corrected chi connectivity index (χ4v) is 0.492. The molecule has 1 aliphatic rings. The van der Waals surface area contributed by atoms with Crippen LogP contribution in [0.1, 0.15) is 0 Å². The first-order chi connectivity index (χ1) is 5.09. The van der Waals surface area contributed by atoms with Crippen LogP contribution in [-0.2, 0) is 9.59 Å². The van der Waals surface area contributed by atoms with Crippen LogP contribution in [0, 0.1) is 10.1 Å². The number of rotatable bonds is 1. The first-order valence-electron chi connectivity index (χ1n) is 2.45. The van der Waals surface area contributed by atoms with E-state index >= 15 is 0 Å². The molecule has 58 valence electrons. The summed E-state index contributed by atoms with van der Waals surface area (Å²) in [5.74, 6) is -2.36. The molecule has 0 aromatic carbocycles. The summed E-state index contributed by atoms with van der Waals surface area (Å²) in [4.78, 5) is 30.4. The smallest absolute Gasteiger partial charge is 0.283 e. The monoisotopic (exact) mass is 158 g/mol. The van der Waals surface area contributed by atoms with E-state index in [-0.39, 0.29) is 0 Å². The number of hydrogen-bond donors (Lipinski definition) is 2. The van der Waals surface area contributed by atoms with Gasteiger partial charge in [0.25, 0.3) is 5.96 Å². The molecular weight excluding hydrogens is 156 g/mol. The summed E-state index contributed by atoms with van der Waals surface area (Å²) in [7, 11) is 0. The van der Waals surface area contributed by atoms with Crippen LogP contribution in [0.2, 0.25) is 0 Å². The molecule has 8 nitrogen and oxygen atoms in total. The lowest BCUT2D eigenvalue weighted by Crippen LogP contribution is -2.26. The van der Waals surface area contributed by atoms with Gasteiger partial charge in [-0.3, -0.25) is 20.2 Å². The molecule has 0 saturated carbocycles. The fourth-order valence-electron chi connectivity index (χ4n) is 0.492. The highest BCUT2D eigenvalue weighted by atomic mass is 16.7. The number of amides is 2. The van der Waals surface area contributed by atoms with Crippen LogP contribution in [0.25, 0.3) is 0 Å². The maximum atomic E-state index is 10.3. The lowest BCUT2D eigenvalue weighted by molar-refractivity contribution is -0.485. The summed E-state index contributed by atoms with van der Waals surface area (Å²) >= 11 is 0. The van der Waals surface area contributed by atoms with Crippen molar-refractivity contribution < 1.29 is 14.6 Å². The van der Waals surface area contributed by atoms with Crippen molar-refractivity contribution in [1.82, 2.24) is 10.6 Å². The first kappa shape index (κ1) is 7.12. The molecule has 1 saturated heterocycles. The Labute approximate surface area is 59.4 Å². The van der Waals surface area contributed by atoms with E-state index in [9.17, 15) is 19.7 Å². The van der Waals surface area contributed by atoms with Crippen LogP contribution < -0.4 is 10.6 Å². The Morgan fingerprint density at radius 3 is 2.09 bits per heavy atom. The Bertz CT molecular complexity index is 251. The second kappa shape index (κ2) is 2.33. The van der Waals surface area contributed by atoms with Gasteiger partial charge in [-0.05, 0) is 0 Å². The quantitative estimate of drug-likeness (QED) is 0.255. The maximum Gasteiger partial charge on any atom is 0.316 e. The van der Waals surface area contributed by atoms with E-state index in [0.717, 1.165) is 0 Å². The highest BCUT2D eigenvalue weighted by molar-refractivity contribution is 6.45. The van der Waals surface area contributed by atoms with E-state index in [4.69, 9.17) is 0 Å². The van der Waals surface area contributed by atoms with Gasteiger partial charge in [-0.25, -0.2) is 10.1 Å². The Hall–Kier alpha value is -1.99. The molecule has 0 spiro atoms. The highest BCUT2D eigenvalue weighted by Crippen LogP contribution is 1.82. The Morgan fingerprint density at radius 1 is 1.27 bits per heavy atom. The third kappa shape index (κ3) is 1.47. The van der Waals surface area contributed by atoms with Crippen LogP contribution >= 0.6 is 0 Å². The SMILES string of the molecule is O=C1NC(=N[N+](=O)[O-])NC1=O. The normalized spacial score (nSPS) is 15.8. The molecule has 1 aliphatic heterocycles. The molecule has 0 aliphatic carbocycles. The molecule has 1 fully saturated rings. The lowest BCUT2D eigenvalue weighted by Gasteiger charge is -1.84. The summed E-state index contributed by atoms with van der Waals surface area (Å²) in [5, 5.41) is 15.0. The second-order valence-corrected chi connectivity index (χ2v) is 1.59. The van der Waals surface area contributed by atoms with Crippen molar-refractivity contribution in [2.24, 2.45) is 5.10 Å². The molecule has 2 amide bonds. The zero-order valence-electron chi connectivity index (χ0n) is 5.03. The van der Waals surface area contributed by atoms with Crippen LogP contribution in [0.4, 0.5) is 0 Å². The van der Waals surface area contributed by atoms with Gasteiger partial charge in [0, 0.05) is 0 Å². The van der Waals surface area contributed by atoms with Gasteiger partial charge < -0.3 is 0 Å². The molecule has 0 atom stereocenters. The number of hydrogen-bond acceptors (Lipinski definition) is 4. The summed E-state index contributed by atoms with van der Waals surface area (Å²) in [6, 6.07) is 0. The summed E-state index contributed by atoms with van der Waals surface area (Å²) < 4.78 is 0. The van der Waals surface area contributed by atoms with E-state index in [1.807, 2.05) is 10.6 Å². The lowest BCUT2D eigenvalue weighted by atomic mass is 10.6. The van der Waals surface area contributed by atoms with Crippen molar-refractivity contribution >= 4 is 17.8 Å². The van der Waals surface area contributed by atoms with E-state index in [1.54, 1.807) is 0 Å². The molecule has 11 heavy (non-hydrogen) atoms. The van der Waals surface area contributed by atoms with Gasteiger partial charge in [0.05, 0.1) is 0 Å². The number of carbonyl (C=O) groups excluding carboxylic acids is 2. The second-order valence-electron chi connectivity index (χ2n) is 1.59. The van der Waals surface area contributed by atoms with Crippen molar-refractivity contribution in [2.45, 2.75) is 0 Å². The molecule has 8 heteroatoms.